The highest BCUT2D eigenvalue weighted by molar-refractivity contribution is 5.78. The Morgan fingerprint density at radius 2 is 1.84 bits per heavy atom. The Labute approximate surface area is 113 Å². The number of carbonyl (C=O) groups excluding carboxylic acids is 1. The van der Waals surface area contributed by atoms with E-state index in [1.807, 2.05) is 25.7 Å². The summed E-state index contributed by atoms with van der Waals surface area (Å²) in [6.07, 6.45) is 0. The molecule has 1 aromatic carbocycles. The minimum atomic E-state index is -0.0643. The summed E-state index contributed by atoms with van der Waals surface area (Å²) < 4.78 is 0. The first-order valence-electron chi connectivity index (χ1n) is 6.51. The van der Waals surface area contributed by atoms with E-state index in [2.05, 4.69) is 5.32 Å². The second-order valence-corrected chi connectivity index (χ2v) is 4.48. The Balaban J connectivity index is 2.82. The summed E-state index contributed by atoms with van der Waals surface area (Å²) in [5.74, 6) is 0.0207. The molecule has 0 spiro atoms. The van der Waals surface area contributed by atoms with Gasteiger partial charge in [-0.25, -0.2) is 0 Å². The average Bonchev–Trinajstić information content (AvgIpc) is 2.34. The predicted octanol–water partition coefficient (Wildman–Crippen LogP) is 1.62. The van der Waals surface area contributed by atoms with Gasteiger partial charge >= 0.3 is 0 Å². The van der Waals surface area contributed by atoms with Crippen LogP contribution in [-0.4, -0.2) is 40.7 Å². The molecule has 1 amide bonds. The van der Waals surface area contributed by atoms with E-state index in [9.17, 15) is 15.0 Å². The number of nitrogens with zero attached hydrogens (tertiary/aromatic N) is 1. The highest BCUT2D eigenvalue weighted by atomic mass is 16.3. The van der Waals surface area contributed by atoms with Gasteiger partial charge in [-0.15, -0.1) is 0 Å². The molecule has 0 bridgehead atoms. The quantitative estimate of drug-likeness (QED) is 0.731. The Hall–Kier alpha value is -1.75. The van der Waals surface area contributed by atoms with Gasteiger partial charge in [0, 0.05) is 18.7 Å². The molecule has 0 aromatic heterocycles. The lowest BCUT2D eigenvalue weighted by Gasteiger charge is -2.27. The molecule has 1 unspecified atom stereocenters. The highest BCUT2D eigenvalue weighted by Gasteiger charge is 2.18. The minimum absolute atomic E-state index is 0.0240. The Morgan fingerprint density at radius 1 is 1.26 bits per heavy atom. The molecule has 0 aliphatic heterocycles. The molecule has 1 aromatic rings. The molecule has 106 valence electrons. The smallest absolute Gasteiger partial charge is 0.234 e. The fourth-order valence-corrected chi connectivity index (χ4v) is 2.03. The zero-order valence-electron chi connectivity index (χ0n) is 11.7. The van der Waals surface area contributed by atoms with Gasteiger partial charge in [-0.05, 0) is 38.1 Å². The molecule has 0 fully saturated rings. The van der Waals surface area contributed by atoms with Crippen molar-refractivity contribution < 1.29 is 15.0 Å². The first kappa shape index (κ1) is 15.3. The van der Waals surface area contributed by atoms with Crippen LogP contribution in [0.1, 0.15) is 32.4 Å². The maximum absolute atomic E-state index is 11.6. The van der Waals surface area contributed by atoms with Crippen LogP contribution >= 0.6 is 0 Å². The first-order chi connectivity index (χ1) is 8.97. The SMILES string of the molecule is CCNC(=O)CN(CC)C(C)c1cc(O)cc(O)c1. The molecule has 5 heteroatoms. The standard InChI is InChI=1S/C14H22N2O3/c1-4-15-14(19)9-16(5-2)10(3)11-6-12(17)8-13(18)7-11/h6-8,10,17-18H,4-5,9H2,1-3H3,(H,15,19). The van der Waals surface area contributed by atoms with E-state index >= 15 is 0 Å². The van der Waals surface area contributed by atoms with Gasteiger partial charge in [0.2, 0.25) is 5.91 Å². The van der Waals surface area contributed by atoms with Crippen LogP contribution in [0, 0.1) is 0 Å². The average molecular weight is 266 g/mol. The number of hydrogen-bond donors (Lipinski definition) is 3. The Morgan fingerprint density at radius 3 is 2.32 bits per heavy atom. The molecule has 1 atom stereocenters. The summed E-state index contributed by atoms with van der Waals surface area (Å²) >= 11 is 0. The number of likely N-dealkylation sites (N-methyl/N-ethyl adjacent to an activating group) is 2. The molecule has 0 saturated heterocycles. The number of phenolic OH excluding ortho intramolecular Hbond substituents is 2. The summed E-state index contributed by atoms with van der Waals surface area (Å²) in [7, 11) is 0. The van der Waals surface area contributed by atoms with Crippen molar-refractivity contribution in [3.05, 3.63) is 23.8 Å². The van der Waals surface area contributed by atoms with Gasteiger partial charge in [-0.1, -0.05) is 6.92 Å². The van der Waals surface area contributed by atoms with E-state index in [1.54, 1.807) is 12.1 Å². The Kier molecular flexibility index (Phi) is 5.63. The van der Waals surface area contributed by atoms with Gasteiger partial charge in [0.05, 0.1) is 6.54 Å². The van der Waals surface area contributed by atoms with Gasteiger partial charge in [-0.3, -0.25) is 9.69 Å². The van der Waals surface area contributed by atoms with Crippen molar-refractivity contribution >= 4 is 5.91 Å². The second-order valence-electron chi connectivity index (χ2n) is 4.48. The van der Waals surface area contributed by atoms with Crippen LogP contribution < -0.4 is 5.32 Å². The maximum atomic E-state index is 11.6. The molecule has 1 rings (SSSR count). The highest BCUT2D eigenvalue weighted by Crippen LogP contribution is 2.27. The van der Waals surface area contributed by atoms with Crippen molar-refractivity contribution in [2.24, 2.45) is 0 Å². The van der Waals surface area contributed by atoms with E-state index in [4.69, 9.17) is 0 Å². The van der Waals surface area contributed by atoms with Crippen molar-refractivity contribution in [3.63, 3.8) is 0 Å². The van der Waals surface area contributed by atoms with Crippen molar-refractivity contribution in [1.82, 2.24) is 10.2 Å². The van der Waals surface area contributed by atoms with Crippen molar-refractivity contribution in [3.8, 4) is 11.5 Å². The van der Waals surface area contributed by atoms with Crippen LogP contribution in [0.5, 0.6) is 11.5 Å². The topological polar surface area (TPSA) is 72.8 Å². The molecule has 5 nitrogen and oxygen atoms in total. The fourth-order valence-electron chi connectivity index (χ4n) is 2.03. The number of aromatic hydroxyl groups is 2. The van der Waals surface area contributed by atoms with Gasteiger partial charge in [0.25, 0.3) is 0 Å². The van der Waals surface area contributed by atoms with Crippen LogP contribution in [-0.2, 0) is 4.79 Å². The van der Waals surface area contributed by atoms with Crippen LogP contribution in [0.3, 0.4) is 0 Å². The molecule has 0 aliphatic rings. The molecule has 3 N–H and O–H groups in total. The van der Waals surface area contributed by atoms with Crippen LogP contribution in [0.4, 0.5) is 0 Å². The lowest BCUT2D eigenvalue weighted by atomic mass is 10.1. The molecular formula is C14H22N2O3. The van der Waals surface area contributed by atoms with E-state index < -0.39 is 0 Å². The molecule has 0 heterocycles. The minimum Gasteiger partial charge on any atom is -0.508 e. The van der Waals surface area contributed by atoms with Crippen LogP contribution in [0.25, 0.3) is 0 Å². The third kappa shape index (κ3) is 4.44. The van der Waals surface area contributed by atoms with Crippen LogP contribution in [0.15, 0.2) is 18.2 Å². The number of benzene rings is 1. The second kappa shape index (κ2) is 6.99. The lowest BCUT2D eigenvalue weighted by molar-refractivity contribution is -0.122. The fraction of sp³-hybridized carbons (Fsp3) is 0.500. The first-order valence-corrected chi connectivity index (χ1v) is 6.51. The summed E-state index contributed by atoms with van der Waals surface area (Å²) in [4.78, 5) is 13.6. The van der Waals surface area contributed by atoms with E-state index in [-0.39, 0.29) is 23.4 Å². The molecule has 19 heavy (non-hydrogen) atoms. The number of phenols is 2. The molecule has 0 radical (unpaired) electrons. The summed E-state index contributed by atoms with van der Waals surface area (Å²) in [6.45, 7) is 7.40. The zero-order chi connectivity index (χ0) is 14.4. The largest absolute Gasteiger partial charge is 0.508 e. The number of hydrogen-bond acceptors (Lipinski definition) is 4. The van der Waals surface area contributed by atoms with E-state index in [0.717, 1.165) is 5.56 Å². The summed E-state index contributed by atoms with van der Waals surface area (Å²) in [5, 5.41) is 21.8. The normalized spacial score (nSPS) is 12.4. The molecule has 0 saturated carbocycles. The Bertz CT molecular complexity index is 414. The predicted molar refractivity (Wildman–Crippen MR) is 74.1 cm³/mol. The van der Waals surface area contributed by atoms with Gasteiger partial charge in [0.1, 0.15) is 11.5 Å². The van der Waals surface area contributed by atoms with Crippen molar-refractivity contribution in [2.45, 2.75) is 26.8 Å². The van der Waals surface area contributed by atoms with Crippen molar-refractivity contribution in [2.75, 3.05) is 19.6 Å². The maximum Gasteiger partial charge on any atom is 0.234 e. The molecular weight excluding hydrogens is 244 g/mol. The van der Waals surface area contributed by atoms with Gasteiger partial charge < -0.3 is 15.5 Å². The van der Waals surface area contributed by atoms with E-state index in [0.29, 0.717) is 19.6 Å². The van der Waals surface area contributed by atoms with Gasteiger partial charge in [0.15, 0.2) is 0 Å². The third-order valence-corrected chi connectivity index (χ3v) is 3.08. The monoisotopic (exact) mass is 266 g/mol. The van der Waals surface area contributed by atoms with Crippen LogP contribution in [0.2, 0.25) is 0 Å². The zero-order valence-corrected chi connectivity index (χ0v) is 11.7. The van der Waals surface area contributed by atoms with Gasteiger partial charge in [-0.2, -0.15) is 0 Å². The number of amides is 1. The van der Waals surface area contributed by atoms with Crippen molar-refractivity contribution in [1.29, 1.82) is 0 Å². The third-order valence-electron chi connectivity index (χ3n) is 3.08. The number of rotatable bonds is 6. The summed E-state index contributed by atoms with van der Waals surface area (Å²) in [5.41, 5.74) is 0.781. The number of carbonyl (C=O) groups is 1. The number of nitrogens with one attached hydrogen (secondary N) is 1. The lowest BCUT2D eigenvalue weighted by Crippen LogP contribution is -2.38. The summed E-state index contributed by atoms with van der Waals surface area (Å²) in [6, 6.07) is 4.43. The van der Waals surface area contributed by atoms with E-state index in [1.165, 1.54) is 6.07 Å². The molecule has 0 aliphatic carbocycles.